The monoisotopic (exact) mass is 396 g/mol. The van der Waals surface area contributed by atoms with E-state index in [1.807, 2.05) is 6.07 Å². The Kier molecular flexibility index (Phi) is 4.85. The fourth-order valence-electron chi connectivity index (χ4n) is 2.75. The topological polar surface area (TPSA) is 65.4 Å². The van der Waals surface area contributed by atoms with E-state index in [0.29, 0.717) is 29.3 Å². The van der Waals surface area contributed by atoms with Crippen molar-refractivity contribution in [2.24, 2.45) is 0 Å². The molecule has 144 valence electrons. The number of halogens is 6. The average Bonchev–Trinajstić information content (AvgIpc) is 3.09. The molecule has 28 heavy (non-hydrogen) atoms. The van der Waals surface area contributed by atoms with Gasteiger partial charge in [-0.1, -0.05) is 23.4 Å². The van der Waals surface area contributed by atoms with E-state index in [-0.39, 0.29) is 17.8 Å². The Balaban J connectivity index is 2.04. The quantitative estimate of drug-likeness (QED) is 0.636. The molecule has 1 heterocycles. The predicted octanol–water partition coefficient (Wildman–Crippen LogP) is 4.97. The first-order valence-electron chi connectivity index (χ1n) is 7.77. The van der Waals surface area contributed by atoms with E-state index in [9.17, 15) is 26.3 Å². The highest BCUT2D eigenvalue weighted by Gasteiger charge is 2.36. The molecule has 2 aromatic carbocycles. The summed E-state index contributed by atoms with van der Waals surface area (Å²) in [4.78, 5) is 0. The van der Waals surface area contributed by atoms with Gasteiger partial charge in [-0.2, -0.15) is 31.6 Å². The van der Waals surface area contributed by atoms with Gasteiger partial charge in [-0.25, -0.2) is 5.10 Å². The van der Waals surface area contributed by atoms with Crippen LogP contribution in [-0.4, -0.2) is 15.4 Å². The lowest BCUT2D eigenvalue weighted by Crippen LogP contribution is -2.13. The van der Waals surface area contributed by atoms with Crippen LogP contribution in [-0.2, 0) is 18.8 Å². The lowest BCUT2D eigenvalue weighted by atomic mass is 9.95. The van der Waals surface area contributed by atoms with E-state index in [2.05, 4.69) is 15.4 Å². The molecule has 0 saturated carbocycles. The van der Waals surface area contributed by atoms with E-state index >= 15 is 0 Å². The molecule has 1 aromatic heterocycles. The number of rotatable bonds is 3. The van der Waals surface area contributed by atoms with Crippen molar-refractivity contribution in [3.8, 4) is 17.3 Å². The number of aromatic amines is 1. The van der Waals surface area contributed by atoms with Gasteiger partial charge in [0.05, 0.1) is 11.1 Å². The van der Waals surface area contributed by atoms with Gasteiger partial charge in [-0.05, 0) is 41.8 Å². The minimum absolute atomic E-state index is 0.0622. The van der Waals surface area contributed by atoms with Crippen LogP contribution in [0.4, 0.5) is 26.3 Å². The molecule has 0 atom stereocenters. The Bertz CT molecular complexity index is 1040. The molecule has 3 rings (SSSR count). The van der Waals surface area contributed by atoms with E-state index in [0.717, 1.165) is 0 Å². The molecule has 3 aromatic rings. The number of nitrogens with zero attached hydrogens (tertiary/aromatic N) is 3. The highest BCUT2D eigenvalue weighted by Crippen LogP contribution is 2.37. The molecule has 0 aliphatic rings. The molecule has 0 bridgehead atoms. The Labute approximate surface area is 154 Å². The second-order valence-electron chi connectivity index (χ2n) is 5.89. The van der Waals surface area contributed by atoms with Crippen LogP contribution in [0.3, 0.4) is 0 Å². The zero-order chi connectivity index (χ0) is 20.5. The predicted molar refractivity (Wildman–Crippen MR) is 85.8 cm³/mol. The van der Waals surface area contributed by atoms with Crippen molar-refractivity contribution in [3.63, 3.8) is 0 Å². The van der Waals surface area contributed by atoms with Crippen LogP contribution < -0.4 is 0 Å². The number of nitrogens with one attached hydrogen (secondary N) is 1. The number of benzene rings is 2. The molecule has 0 fully saturated rings. The maximum atomic E-state index is 13.2. The van der Waals surface area contributed by atoms with Gasteiger partial charge in [-0.3, -0.25) is 0 Å². The molecule has 0 amide bonds. The summed E-state index contributed by atoms with van der Waals surface area (Å²) in [5.74, 6) is 0. The van der Waals surface area contributed by atoms with Crippen LogP contribution in [0.1, 0.15) is 27.9 Å². The summed E-state index contributed by atoms with van der Waals surface area (Å²) in [6, 6.07) is 9.22. The van der Waals surface area contributed by atoms with Crippen LogP contribution >= 0.6 is 0 Å². The summed E-state index contributed by atoms with van der Waals surface area (Å²) in [5, 5.41) is 18.6. The Hall–Kier alpha value is -3.35. The van der Waals surface area contributed by atoms with Gasteiger partial charge in [-0.15, -0.1) is 5.10 Å². The van der Waals surface area contributed by atoms with E-state index < -0.39 is 29.0 Å². The summed E-state index contributed by atoms with van der Waals surface area (Å²) >= 11 is 0. The molecule has 0 spiro atoms. The number of nitriles is 1. The van der Waals surface area contributed by atoms with Crippen LogP contribution in [0.5, 0.6) is 0 Å². The normalized spacial score (nSPS) is 12.0. The first kappa shape index (κ1) is 19.4. The van der Waals surface area contributed by atoms with E-state index in [1.54, 1.807) is 6.07 Å². The first-order valence-corrected chi connectivity index (χ1v) is 7.77. The van der Waals surface area contributed by atoms with E-state index in [1.165, 1.54) is 18.2 Å². The summed E-state index contributed by atoms with van der Waals surface area (Å²) in [6.45, 7) is 0. The van der Waals surface area contributed by atoms with Crippen molar-refractivity contribution in [1.29, 1.82) is 5.26 Å². The van der Waals surface area contributed by atoms with Gasteiger partial charge < -0.3 is 0 Å². The van der Waals surface area contributed by atoms with Crippen molar-refractivity contribution in [3.05, 3.63) is 70.4 Å². The van der Waals surface area contributed by atoms with Crippen molar-refractivity contribution in [2.45, 2.75) is 18.8 Å². The fraction of sp³-hybridized carbons (Fsp3) is 0.167. The van der Waals surface area contributed by atoms with Gasteiger partial charge in [0.15, 0.2) is 5.69 Å². The maximum Gasteiger partial charge on any atom is 0.416 e. The largest absolute Gasteiger partial charge is 0.416 e. The SMILES string of the molecule is N#Cc1[nH]nnc1-c1cccc(Cc2cc(C(F)(F)F)ccc2C(F)(F)F)c1. The molecule has 4 nitrogen and oxygen atoms in total. The Morgan fingerprint density at radius 3 is 2.36 bits per heavy atom. The number of alkyl halides is 6. The van der Waals surface area contributed by atoms with Gasteiger partial charge in [0.25, 0.3) is 0 Å². The Morgan fingerprint density at radius 2 is 1.71 bits per heavy atom. The average molecular weight is 396 g/mol. The molecule has 0 unspecified atom stereocenters. The van der Waals surface area contributed by atoms with Crippen LogP contribution in [0.15, 0.2) is 42.5 Å². The van der Waals surface area contributed by atoms with Crippen LogP contribution in [0.25, 0.3) is 11.3 Å². The van der Waals surface area contributed by atoms with Crippen molar-refractivity contribution < 1.29 is 26.3 Å². The summed E-state index contributed by atoms with van der Waals surface area (Å²) in [5.41, 5.74) is -1.80. The zero-order valence-corrected chi connectivity index (χ0v) is 13.9. The molecular formula is C18H10F6N4. The third-order valence-electron chi connectivity index (χ3n) is 3.99. The van der Waals surface area contributed by atoms with Crippen molar-refractivity contribution in [1.82, 2.24) is 15.4 Å². The van der Waals surface area contributed by atoms with Crippen LogP contribution in [0.2, 0.25) is 0 Å². The standard InChI is InChI=1S/C18H10F6N4/c19-17(20,21)13-4-5-14(18(22,23)24)12(8-13)7-10-2-1-3-11(6-10)16-15(9-25)26-28-27-16/h1-6,8H,7H2,(H,26,27,28). The van der Waals surface area contributed by atoms with Gasteiger partial charge in [0.2, 0.25) is 0 Å². The maximum absolute atomic E-state index is 13.2. The number of hydrogen-bond acceptors (Lipinski definition) is 3. The van der Waals surface area contributed by atoms with Crippen LogP contribution in [0, 0.1) is 11.3 Å². The zero-order valence-electron chi connectivity index (χ0n) is 13.9. The van der Waals surface area contributed by atoms with Gasteiger partial charge in [0, 0.05) is 5.56 Å². The number of hydrogen-bond donors (Lipinski definition) is 1. The highest BCUT2D eigenvalue weighted by molar-refractivity contribution is 5.65. The molecule has 0 aliphatic heterocycles. The smallest absolute Gasteiger partial charge is 0.247 e. The highest BCUT2D eigenvalue weighted by atomic mass is 19.4. The minimum atomic E-state index is -4.79. The fourth-order valence-corrected chi connectivity index (χ4v) is 2.75. The van der Waals surface area contributed by atoms with E-state index in [4.69, 9.17) is 5.26 Å². The lowest BCUT2D eigenvalue weighted by Gasteiger charge is -2.16. The summed E-state index contributed by atoms with van der Waals surface area (Å²) < 4.78 is 78.5. The summed E-state index contributed by atoms with van der Waals surface area (Å²) in [6.07, 6.45) is -9.94. The second kappa shape index (κ2) is 6.99. The molecule has 10 heteroatoms. The molecule has 1 N–H and O–H groups in total. The summed E-state index contributed by atoms with van der Waals surface area (Å²) in [7, 11) is 0. The van der Waals surface area contributed by atoms with Crippen molar-refractivity contribution >= 4 is 0 Å². The molecule has 0 saturated heterocycles. The van der Waals surface area contributed by atoms with Gasteiger partial charge >= 0.3 is 12.4 Å². The lowest BCUT2D eigenvalue weighted by molar-refractivity contribution is -0.141. The second-order valence-corrected chi connectivity index (χ2v) is 5.89. The van der Waals surface area contributed by atoms with Gasteiger partial charge in [0.1, 0.15) is 11.8 Å². The molecular weight excluding hydrogens is 386 g/mol. The Morgan fingerprint density at radius 1 is 0.964 bits per heavy atom. The third kappa shape index (κ3) is 3.98. The third-order valence-corrected chi connectivity index (χ3v) is 3.99. The molecule has 0 radical (unpaired) electrons. The first-order chi connectivity index (χ1) is 13.1. The minimum Gasteiger partial charge on any atom is -0.247 e. The van der Waals surface area contributed by atoms with Crippen molar-refractivity contribution in [2.75, 3.05) is 0 Å². The number of H-pyrrole nitrogens is 1. The molecule has 0 aliphatic carbocycles. The number of aromatic nitrogens is 3.